The molecule has 0 saturated heterocycles. The largest absolute Gasteiger partial charge is 0.493 e. The second kappa shape index (κ2) is 7.00. The standard InChI is InChI=1S/C13H16ClNO5/c1-7(14)12(16)15-9-6-11(19-3)10(18-2)5-8(9)13(17)20-4/h5-7H,1-4H3,(H,15,16). The summed E-state index contributed by atoms with van der Waals surface area (Å²) in [4.78, 5) is 23.4. The van der Waals surface area contributed by atoms with Crippen LogP contribution in [0, 0.1) is 0 Å². The van der Waals surface area contributed by atoms with Gasteiger partial charge in [-0.25, -0.2) is 4.79 Å². The summed E-state index contributed by atoms with van der Waals surface area (Å²) in [6.07, 6.45) is 0. The van der Waals surface area contributed by atoms with Crippen molar-refractivity contribution in [1.29, 1.82) is 0 Å². The van der Waals surface area contributed by atoms with Gasteiger partial charge in [-0.3, -0.25) is 4.79 Å². The molecule has 1 aromatic carbocycles. The van der Waals surface area contributed by atoms with Crippen LogP contribution in [0.5, 0.6) is 11.5 Å². The maximum atomic E-state index is 11.8. The summed E-state index contributed by atoms with van der Waals surface area (Å²) in [6, 6.07) is 2.90. The van der Waals surface area contributed by atoms with E-state index in [9.17, 15) is 9.59 Å². The SMILES string of the molecule is COC(=O)c1cc(OC)c(OC)cc1NC(=O)C(C)Cl. The van der Waals surface area contributed by atoms with Gasteiger partial charge >= 0.3 is 5.97 Å². The molecule has 1 atom stereocenters. The van der Waals surface area contributed by atoms with Crippen molar-refractivity contribution in [3.63, 3.8) is 0 Å². The molecule has 7 heteroatoms. The van der Waals surface area contributed by atoms with Crippen LogP contribution in [-0.4, -0.2) is 38.6 Å². The Morgan fingerprint density at radius 1 is 1.15 bits per heavy atom. The van der Waals surface area contributed by atoms with Gasteiger partial charge < -0.3 is 19.5 Å². The summed E-state index contributed by atoms with van der Waals surface area (Å²) in [5.41, 5.74) is 0.391. The summed E-state index contributed by atoms with van der Waals surface area (Å²) < 4.78 is 14.9. The number of alkyl halides is 1. The zero-order valence-electron chi connectivity index (χ0n) is 11.7. The van der Waals surface area contributed by atoms with Crippen molar-refractivity contribution in [3.8, 4) is 11.5 Å². The van der Waals surface area contributed by atoms with E-state index in [1.165, 1.54) is 40.4 Å². The lowest BCUT2D eigenvalue weighted by molar-refractivity contribution is -0.115. The van der Waals surface area contributed by atoms with Gasteiger partial charge in [-0.15, -0.1) is 11.6 Å². The Labute approximate surface area is 122 Å². The van der Waals surface area contributed by atoms with Crippen LogP contribution in [0.1, 0.15) is 17.3 Å². The number of nitrogens with one attached hydrogen (secondary N) is 1. The van der Waals surface area contributed by atoms with Crippen LogP contribution in [0.4, 0.5) is 5.69 Å². The van der Waals surface area contributed by atoms with Crippen molar-refractivity contribution < 1.29 is 23.8 Å². The highest BCUT2D eigenvalue weighted by atomic mass is 35.5. The number of hydrogen-bond acceptors (Lipinski definition) is 5. The lowest BCUT2D eigenvalue weighted by atomic mass is 10.1. The fourth-order valence-electron chi connectivity index (χ4n) is 1.49. The molecule has 0 radical (unpaired) electrons. The first-order valence-corrected chi connectivity index (χ1v) is 6.17. The summed E-state index contributed by atoms with van der Waals surface area (Å²) in [7, 11) is 4.14. The minimum atomic E-state index is -0.742. The fourth-order valence-corrected chi connectivity index (χ4v) is 1.55. The van der Waals surface area contributed by atoms with Gasteiger partial charge in [0.2, 0.25) is 5.91 Å². The molecule has 20 heavy (non-hydrogen) atoms. The Bertz CT molecular complexity index is 516. The van der Waals surface area contributed by atoms with Crippen LogP contribution in [0.3, 0.4) is 0 Å². The van der Waals surface area contributed by atoms with Crippen molar-refractivity contribution in [2.24, 2.45) is 0 Å². The second-order valence-corrected chi connectivity index (χ2v) is 4.50. The number of amides is 1. The molecule has 0 fully saturated rings. The molecule has 1 unspecified atom stereocenters. The van der Waals surface area contributed by atoms with Gasteiger partial charge in [0.15, 0.2) is 11.5 Å². The predicted octanol–water partition coefficient (Wildman–Crippen LogP) is 2.06. The summed E-state index contributed by atoms with van der Waals surface area (Å²) >= 11 is 5.69. The summed E-state index contributed by atoms with van der Waals surface area (Å²) in [5.74, 6) is -0.324. The molecule has 0 aromatic heterocycles. The van der Waals surface area contributed by atoms with Gasteiger partial charge in [0, 0.05) is 12.1 Å². The number of methoxy groups -OCH3 is 3. The van der Waals surface area contributed by atoms with Crippen molar-refractivity contribution in [1.82, 2.24) is 0 Å². The predicted molar refractivity (Wildman–Crippen MR) is 74.8 cm³/mol. The van der Waals surface area contributed by atoms with Gasteiger partial charge in [-0.05, 0) is 6.92 Å². The molecule has 1 rings (SSSR count). The Balaban J connectivity index is 3.31. The first-order chi connectivity index (χ1) is 9.44. The zero-order valence-corrected chi connectivity index (χ0v) is 12.4. The van der Waals surface area contributed by atoms with E-state index < -0.39 is 17.3 Å². The minimum Gasteiger partial charge on any atom is -0.493 e. The van der Waals surface area contributed by atoms with E-state index in [1.807, 2.05) is 0 Å². The number of ether oxygens (including phenoxy) is 3. The third-order valence-corrected chi connectivity index (χ3v) is 2.75. The number of hydrogen-bond donors (Lipinski definition) is 1. The van der Waals surface area contributed by atoms with E-state index >= 15 is 0 Å². The number of halogens is 1. The van der Waals surface area contributed by atoms with Crippen molar-refractivity contribution in [3.05, 3.63) is 17.7 Å². The average molecular weight is 302 g/mol. The first-order valence-electron chi connectivity index (χ1n) is 5.73. The highest BCUT2D eigenvalue weighted by molar-refractivity contribution is 6.32. The normalized spacial score (nSPS) is 11.4. The monoisotopic (exact) mass is 301 g/mol. The van der Waals surface area contributed by atoms with Gasteiger partial charge in [0.05, 0.1) is 32.6 Å². The molecule has 0 aliphatic heterocycles. The second-order valence-electron chi connectivity index (χ2n) is 3.85. The van der Waals surface area contributed by atoms with Gasteiger partial charge in [0.25, 0.3) is 0 Å². The van der Waals surface area contributed by atoms with Gasteiger partial charge in [0.1, 0.15) is 5.38 Å². The third-order valence-electron chi connectivity index (χ3n) is 2.55. The number of benzene rings is 1. The average Bonchev–Trinajstić information content (AvgIpc) is 2.45. The van der Waals surface area contributed by atoms with Gasteiger partial charge in [-0.2, -0.15) is 0 Å². The summed E-state index contributed by atoms with van der Waals surface area (Å²) in [6.45, 7) is 1.52. The minimum absolute atomic E-state index is 0.149. The highest BCUT2D eigenvalue weighted by Gasteiger charge is 2.20. The molecule has 0 aliphatic rings. The molecular weight excluding hydrogens is 286 g/mol. The first kappa shape index (κ1) is 16.1. The van der Waals surface area contributed by atoms with Crippen LogP contribution < -0.4 is 14.8 Å². The number of carbonyl (C=O) groups is 2. The van der Waals surface area contributed by atoms with E-state index in [4.69, 9.17) is 21.1 Å². The zero-order chi connectivity index (χ0) is 15.3. The molecule has 1 amide bonds. The summed E-state index contributed by atoms with van der Waals surface area (Å²) in [5, 5.41) is 1.80. The fraction of sp³-hybridized carbons (Fsp3) is 0.385. The Morgan fingerprint density at radius 3 is 2.15 bits per heavy atom. The maximum absolute atomic E-state index is 11.8. The van der Waals surface area contributed by atoms with Gasteiger partial charge in [-0.1, -0.05) is 0 Å². The van der Waals surface area contributed by atoms with Crippen molar-refractivity contribution in [2.45, 2.75) is 12.3 Å². The number of rotatable bonds is 5. The lowest BCUT2D eigenvalue weighted by Crippen LogP contribution is -2.22. The molecule has 0 aliphatic carbocycles. The van der Waals surface area contributed by atoms with Crippen LogP contribution >= 0.6 is 11.6 Å². The highest BCUT2D eigenvalue weighted by Crippen LogP contribution is 2.33. The van der Waals surface area contributed by atoms with E-state index in [2.05, 4.69) is 10.1 Å². The molecule has 6 nitrogen and oxygen atoms in total. The molecule has 0 heterocycles. The third kappa shape index (κ3) is 3.54. The van der Waals surface area contributed by atoms with Crippen molar-refractivity contribution in [2.75, 3.05) is 26.6 Å². The Hall–Kier alpha value is -1.95. The molecule has 0 bridgehead atoms. The van der Waals surface area contributed by atoms with E-state index in [-0.39, 0.29) is 11.3 Å². The van der Waals surface area contributed by atoms with E-state index in [1.54, 1.807) is 0 Å². The Kier molecular flexibility index (Phi) is 5.64. The van der Waals surface area contributed by atoms with Crippen LogP contribution in [0.2, 0.25) is 0 Å². The molecule has 1 N–H and O–H groups in total. The van der Waals surface area contributed by atoms with Crippen LogP contribution in [-0.2, 0) is 9.53 Å². The molecule has 110 valence electrons. The van der Waals surface area contributed by atoms with Crippen molar-refractivity contribution >= 4 is 29.2 Å². The maximum Gasteiger partial charge on any atom is 0.340 e. The molecule has 0 spiro atoms. The Morgan fingerprint density at radius 2 is 1.70 bits per heavy atom. The lowest BCUT2D eigenvalue weighted by Gasteiger charge is -2.15. The van der Waals surface area contributed by atoms with E-state index in [0.29, 0.717) is 11.5 Å². The number of anilines is 1. The topological polar surface area (TPSA) is 73.9 Å². The molecule has 1 aromatic rings. The number of carbonyl (C=O) groups excluding carboxylic acids is 2. The quantitative estimate of drug-likeness (QED) is 0.665. The number of esters is 1. The molecule has 0 saturated carbocycles. The van der Waals surface area contributed by atoms with Crippen LogP contribution in [0.25, 0.3) is 0 Å². The smallest absolute Gasteiger partial charge is 0.340 e. The van der Waals surface area contributed by atoms with E-state index in [0.717, 1.165) is 0 Å². The van der Waals surface area contributed by atoms with Crippen LogP contribution in [0.15, 0.2) is 12.1 Å². The molecular formula is C13H16ClNO5.